The summed E-state index contributed by atoms with van der Waals surface area (Å²) in [4.78, 5) is 32.7. The normalized spacial score (nSPS) is 23.9. The molecule has 2 rings (SSSR count). The largest absolute Gasteiger partial charge is 0.708 e. The molecule has 1 aliphatic rings. The SMILES string of the molecule is Nc1ccn([C@H]2CC[C@@H](CO[P+](=O)OP(=O)(O)O[P+](=O)O)O2)c(=O)n1. The summed E-state index contributed by atoms with van der Waals surface area (Å²) >= 11 is 0. The van der Waals surface area contributed by atoms with E-state index in [2.05, 4.69) is 13.6 Å². The van der Waals surface area contributed by atoms with Crippen molar-refractivity contribution >= 4 is 30.2 Å². The first kappa shape index (κ1) is 20.2. The molecule has 0 aliphatic carbocycles. The molecule has 1 aliphatic heterocycles. The van der Waals surface area contributed by atoms with Crippen molar-refractivity contribution in [1.82, 2.24) is 9.55 Å². The second-order valence-electron chi connectivity index (χ2n) is 4.72. The second kappa shape index (κ2) is 8.50. The standard InChI is InChI=1S/C9H12N3O10P3/c10-7-3-4-12(9(13)11-7)8-2-1-6(20-8)5-19-24(16)22-25(17,18)21-23(14)15/h3-4,6,8H,1-2,5H2,(H2-2,10,11,13,14,15,17,18)/p+2/t6-,8+/m0/s1. The van der Waals surface area contributed by atoms with Crippen molar-refractivity contribution in [2.75, 3.05) is 12.3 Å². The van der Waals surface area contributed by atoms with Crippen LogP contribution in [0.4, 0.5) is 5.82 Å². The Morgan fingerprint density at radius 1 is 1.44 bits per heavy atom. The maximum atomic E-state index is 11.7. The lowest BCUT2D eigenvalue weighted by atomic mass is 10.2. The van der Waals surface area contributed by atoms with Gasteiger partial charge in [0.25, 0.3) is 0 Å². The summed E-state index contributed by atoms with van der Waals surface area (Å²) in [5.41, 5.74) is 4.81. The van der Waals surface area contributed by atoms with Crippen LogP contribution in [-0.2, 0) is 31.6 Å². The van der Waals surface area contributed by atoms with Crippen LogP contribution in [0.3, 0.4) is 0 Å². The van der Waals surface area contributed by atoms with E-state index in [4.69, 9.17) is 24.8 Å². The van der Waals surface area contributed by atoms with Crippen molar-refractivity contribution in [3.05, 3.63) is 22.7 Å². The summed E-state index contributed by atoms with van der Waals surface area (Å²) in [6.45, 7) is -0.270. The Morgan fingerprint density at radius 2 is 2.16 bits per heavy atom. The topological polar surface area (TPSA) is 190 Å². The van der Waals surface area contributed by atoms with Crippen molar-refractivity contribution in [2.45, 2.75) is 25.2 Å². The van der Waals surface area contributed by atoms with Gasteiger partial charge in [-0.1, -0.05) is 0 Å². The molecule has 3 unspecified atom stereocenters. The van der Waals surface area contributed by atoms with Crippen LogP contribution in [0.15, 0.2) is 17.1 Å². The Labute approximate surface area is 142 Å². The number of hydrogen-bond acceptors (Lipinski definition) is 10. The van der Waals surface area contributed by atoms with E-state index < -0.39 is 42.4 Å². The van der Waals surface area contributed by atoms with E-state index in [1.807, 2.05) is 0 Å². The molecule has 1 aromatic rings. The van der Waals surface area contributed by atoms with Crippen LogP contribution in [0.5, 0.6) is 0 Å². The minimum atomic E-state index is -4.99. The van der Waals surface area contributed by atoms with Crippen molar-refractivity contribution in [1.29, 1.82) is 0 Å². The summed E-state index contributed by atoms with van der Waals surface area (Å²) in [7, 11) is -11.5. The van der Waals surface area contributed by atoms with Crippen LogP contribution in [0.2, 0.25) is 0 Å². The average Bonchev–Trinajstić information content (AvgIpc) is 2.91. The molecule has 0 radical (unpaired) electrons. The fourth-order valence-corrected chi connectivity index (χ4v) is 4.26. The Bertz CT molecular complexity index is 769. The van der Waals surface area contributed by atoms with E-state index in [1.54, 1.807) is 0 Å². The van der Waals surface area contributed by atoms with Gasteiger partial charge in [0.15, 0.2) is 0 Å². The first-order chi connectivity index (χ1) is 11.7. The minimum Gasteiger partial charge on any atom is -0.383 e. The number of ether oxygens (including phenoxy) is 1. The Kier molecular flexibility index (Phi) is 6.86. The summed E-state index contributed by atoms with van der Waals surface area (Å²) in [5.74, 6) is 0.0774. The lowest BCUT2D eigenvalue weighted by Gasteiger charge is -2.14. The lowest BCUT2D eigenvalue weighted by molar-refractivity contribution is -0.0202. The number of nitrogens with two attached hydrogens (primary N) is 1. The Balaban J connectivity index is 1.83. The molecule has 1 saturated heterocycles. The molecule has 25 heavy (non-hydrogen) atoms. The number of rotatable bonds is 8. The van der Waals surface area contributed by atoms with Gasteiger partial charge < -0.3 is 10.5 Å². The van der Waals surface area contributed by atoms with Gasteiger partial charge in [-0.2, -0.15) is 4.98 Å². The third-order valence-electron chi connectivity index (χ3n) is 2.96. The van der Waals surface area contributed by atoms with Crippen LogP contribution in [-0.4, -0.2) is 32.0 Å². The molecule has 13 nitrogen and oxygen atoms in total. The minimum absolute atomic E-state index is 0.0774. The van der Waals surface area contributed by atoms with E-state index in [1.165, 1.54) is 16.8 Å². The molecule has 1 fully saturated rings. The Morgan fingerprint density at radius 3 is 2.80 bits per heavy atom. The van der Waals surface area contributed by atoms with Gasteiger partial charge in [0.05, 0.1) is 6.10 Å². The van der Waals surface area contributed by atoms with Gasteiger partial charge >= 0.3 is 30.0 Å². The number of phosphoric acid groups is 1. The zero-order valence-electron chi connectivity index (χ0n) is 12.4. The molecule has 5 atom stereocenters. The van der Waals surface area contributed by atoms with Gasteiger partial charge in [-0.15, -0.1) is 9.42 Å². The maximum absolute atomic E-state index is 11.7. The lowest BCUT2D eigenvalue weighted by Crippen LogP contribution is -2.27. The fraction of sp³-hybridized carbons (Fsp3) is 0.556. The van der Waals surface area contributed by atoms with Crippen molar-refractivity contribution in [3.63, 3.8) is 0 Å². The highest BCUT2D eigenvalue weighted by Gasteiger charge is 2.45. The van der Waals surface area contributed by atoms with Crippen LogP contribution in [0.25, 0.3) is 0 Å². The number of nitrogens with zero attached hydrogens (tertiary/aromatic N) is 2. The van der Waals surface area contributed by atoms with Crippen molar-refractivity contribution < 1.29 is 41.4 Å². The first-order valence-corrected chi connectivity index (χ1v) is 10.4. The van der Waals surface area contributed by atoms with Gasteiger partial charge in [0.2, 0.25) is 0 Å². The molecule has 4 N–H and O–H groups in total. The van der Waals surface area contributed by atoms with Crippen LogP contribution in [0.1, 0.15) is 19.1 Å². The van der Waals surface area contributed by atoms with Gasteiger partial charge in [-0.05, 0) is 18.9 Å². The van der Waals surface area contributed by atoms with Gasteiger partial charge in [0, 0.05) is 23.9 Å². The molecule has 1 aromatic heterocycles. The molecule has 0 spiro atoms. The van der Waals surface area contributed by atoms with Crippen molar-refractivity contribution in [3.8, 4) is 0 Å². The third-order valence-corrected chi connectivity index (χ3v) is 6.06. The second-order valence-corrected chi connectivity index (χ2v) is 8.15. The van der Waals surface area contributed by atoms with Gasteiger partial charge in [0.1, 0.15) is 18.7 Å². The highest BCUT2D eigenvalue weighted by atomic mass is 31.3. The predicted molar refractivity (Wildman–Crippen MR) is 81.4 cm³/mol. The molecule has 0 aromatic carbocycles. The molecule has 0 amide bonds. The van der Waals surface area contributed by atoms with Crippen LogP contribution in [0, 0.1) is 0 Å². The van der Waals surface area contributed by atoms with E-state index >= 15 is 0 Å². The van der Waals surface area contributed by atoms with Gasteiger partial charge in [-0.25, -0.2) is 9.36 Å². The smallest absolute Gasteiger partial charge is 0.383 e. The highest BCUT2D eigenvalue weighted by Crippen LogP contribution is 2.57. The summed E-state index contributed by atoms with van der Waals surface area (Å²) in [5, 5.41) is 0. The third kappa shape index (κ3) is 6.27. The fourth-order valence-electron chi connectivity index (χ4n) is 2.01. The average molecular weight is 417 g/mol. The van der Waals surface area contributed by atoms with E-state index in [9.17, 15) is 18.5 Å². The zero-order chi connectivity index (χ0) is 18.6. The number of aromatic nitrogens is 2. The summed E-state index contributed by atoms with van der Waals surface area (Å²) in [6, 6.07) is 1.43. The monoisotopic (exact) mass is 417 g/mol. The molecular weight excluding hydrogens is 403 g/mol. The molecule has 138 valence electrons. The molecule has 2 heterocycles. The van der Waals surface area contributed by atoms with E-state index in [0.29, 0.717) is 12.8 Å². The Hall–Kier alpha value is -1.13. The molecule has 16 heteroatoms. The van der Waals surface area contributed by atoms with E-state index in [0.717, 1.165) is 0 Å². The van der Waals surface area contributed by atoms with Crippen LogP contribution >= 0.6 is 24.3 Å². The highest BCUT2D eigenvalue weighted by molar-refractivity contribution is 7.61. The van der Waals surface area contributed by atoms with E-state index in [-0.39, 0.29) is 12.4 Å². The van der Waals surface area contributed by atoms with Crippen LogP contribution < -0.4 is 11.4 Å². The molecule has 0 bridgehead atoms. The molecular formula is C9H14N3O10P3+2. The number of nitrogen functional groups attached to an aromatic ring is 1. The summed E-state index contributed by atoms with van der Waals surface area (Å²) < 4.78 is 52.1. The maximum Gasteiger partial charge on any atom is 0.708 e. The molecule has 0 saturated carbocycles. The number of hydrogen-bond donors (Lipinski definition) is 3. The van der Waals surface area contributed by atoms with Gasteiger partial charge in [-0.3, -0.25) is 9.46 Å². The first-order valence-electron chi connectivity index (χ1n) is 6.65. The zero-order valence-corrected chi connectivity index (χ0v) is 15.1. The predicted octanol–water partition coefficient (Wildman–Crippen LogP) is 0.960. The van der Waals surface area contributed by atoms with Crippen molar-refractivity contribution in [2.24, 2.45) is 0 Å². The summed E-state index contributed by atoms with van der Waals surface area (Å²) in [6.07, 6.45) is 1.14. The number of anilines is 1. The quantitative estimate of drug-likeness (QED) is 0.509.